The quantitative estimate of drug-likeness (QED) is 0.905. The van der Waals surface area contributed by atoms with Crippen LogP contribution in [0.25, 0.3) is 0 Å². The molecule has 5 nitrogen and oxygen atoms in total. The van der Waals surface area contributed by atoms with Crippen LogP contribution in [0, 0.1) is 0 Å². The summed E-state index contributed by atoms with van der Waals surface area (Å²) in [5, 5.41) is 3.30. The number of hydrogen-bond acceptors (Lipinski definition) is 3. The van der Waals surface area contributed by atoms with Crippen molar-refractivity contribution in [3.05, 3.63) is 29.8 Å². The first-order valence-corrected chi connectivity index (χ1v) is 9.16. The molecule has 0 aromatic heterocycles. The maximum Gasteiger partial charge on any atom is 0.304 e. The molecule has 3 rings (SSSR count). The van der Waals surface area contributed by atoms with Gasteiger partial charge in [0, 0.05) is 32.7 Å². The molecule has 21 heavy (non-hydrogen) atoms. The summed E-state index contributed by atoms with van der Waals surface area (Å²) in [5.74, 6) is 0. The molecule has 0 aliphatic carbocycles. The lowest BCUT2D eigenvalue weighted by Gasteiger charge is -2.30. The third kappa shape index (κ3) is 3.07. The van der Waals surface area contributed by atoms with Crippen molar-refractivity contribution in [2.45, 2.75) is 32.2 Å². The van der Waals surface area contributed by atoms with E-state index in [1.807, 2.05) is 24.3 Å². The number of fused-ring (bicyclic) bond motifs is 1. The Balaban J connectivity index is 1.94. The Bertz CT molecular complexity index is 580. The van der Waals surface area contributed by atoms with Crippen molar-refractivity contribution in [2.24, 2.45) is 0 Å². The van der Waals surface area contributed by atoms with Gasteiger partial charge in [0.15, 0.2) is 0 Å². The van der Waals surface area contributed by atoms with E-state index >= 15 is 0 Å². The number of para-hydroxylation sites is 1. The molecule has 1 fully saturated rings. The van der Waals surface area contributed by atoms with Crippen molar-refractivity contribution >= 4 is 15.9 Å². The van der Waals surface area contributed by atoms with Gasteiger partial charge in [-0.15, -0.1) is 0 Å². The van der Waals surface area contributed by atoms with Crippen LogP contribution in [0.2, 0.25) is 0 Å². The molecule has 0 unspecified atom stereocenters. The zero-order valence-corrected chi connectivity index (χ0v) is 13.1. The molecule has 1 aromatic carbocycles. The zero-order valence-electron chi connectivity index (χ0n) is 12.3. The highest BCUT2D eigenvalue weighted by Crippen LogP contribution is 2.27. The smallest absolute Gasteiger partial charge is 0.304 e. The van der Waals surface area contributed by atoms with Gasteiger partial charge in [-0.25, -0.2) is 0 Å². The van der Waals surface area contributed by atoms with Crippen LogP contribution in [-0.2, 0) is 16.8 Å². The Hall–Kier alpha value is -1.11. The summed E-state index contributed by atoms with van der Waals surface area (Å²) in [6, 6.07) is 7.79. The summed E-state index contributed by atoms with van der Waals surface area (Å²) in [5.41, 5.74) is 1.88. The molecule has 6 heteroatoms. The fraction of sp³-hybridized carbons (Fsp3) is 0.600. The van der Waals surface area contributed by atoms with E-state index in [1.54, 1.807) is 8.61 Å². The second-order valence-electron chi connectivity index (χ2n) is 5.70. The molecule has 0 radical (unpaired) electrons. The SMILES string of the molecule is O=S(=O)(N1CCCCCC1)N1CCNCc2ccccc21. The van der Waals surface area contributed by atoms with Gasteiger partial charge in [-0.3, -0.25) is 4.31 Å². The molecule has 2 heterocycles. The number of benzene rings is 1. The lowest BCUT2D eigenvalue weighted by Crippen LogP contribution is -2.46. The second-order valence-corrected chi connectivity index (χ2v) is 7.55. The third-order valence-electron chi connectivity index (χ3n) is 4.24. The Kier molecular flexibility index (Phi) is 4.47. The third-order valence-corrected chi connectivity index (χ3v) is 6.19. The van der Waals surface area contributed by atoms with Crippen LogP contribution >= 0.6 is 0 Å². The molecule has 0 amide bonds. The molecule has 0 saturated carbocycles. The molecule has 0 bridgehead atoms. The average Bonchev–Trinajstić information content (AvgIpc) is 2.88. The number of nitrogens with one attached hydrogen (secondary N) is 1. The van der Waals surface area contributed by atoms with E-state index < -0.39 is 10.2 Å². The second kappa shape index (κ2) is 6.34. The minimum atomic E-state index is -3.42. The molecule has 2 aliphatic rings. The van der Waals surface area contributed by atoms with Crippen molar-refractivity contribution in [1.82, 2.24) is 9.62 Å². The van der Waals surface area contributed by atoms with Crippen molar-refractivity contribution in [3.8, 4) is 0 Å². The zero-order chi connectivity index (χ0) is 14.7. The first kappa shape index (κ1) is 14.8. The van der Waals surface area contributed by atoms with Crippen LogP contribution in [0.5, 0.6) is 0 Å². The number of nitrogens with zero attached hydrogens (tertiary/aromatic N) is 2. The minimum absolute atomic E-state index is 0.496. The van der Waals surface area contributed by atoms with Crippen molar-refractivity contribution < 1.29 is 8.42 Å². The van der Waals surface area contributed by atoms with Crippen molar-refractivity contribution in [1.29, 1.82) is 0 Å². The summed E-state index contributed by atoms with van der Waals surface area (Å²) < 4.78 is 29.3. The molecule has 1 N–H and O–H groups in total. The molecule has 1 saturated heterocycles. The molecular formula is C15H23N3O2S. The minimum Gasteiger partial charge on any atom is -0.311 e. The molecule has 116 valence electrons. The summed E-state index contributed by atoms with van der Waals surface area (Å²) in [6.45, 7) is 3.20. The molecule has 0 spiro atoms. The van der Waals surface area contributed by atoms with Crippen LogP contribution in [0.3, 0.4) is 0 Å². The maximum absolute atomic E-state index is 13.0. The topological polar surface area (TPSA) is 52.7 Å². The van der Waals surface area contributed by atoms with E-state index in [4.69, 9.17) is 0 Å². The summed E-state index contributed by atoms with van der Waals surface area (Å²) >= 11 is 0. The average molecular weight is 309 g/mol. The standard InChI is InChI=1S/C15H23N3O2S/c19-21(20,17-10-5-1-2-6-11-17)18-12-9-16-13-14-7-3-4-8-15(14)18/h3-4,7-8,16H,1-2,5-6,9-13H2. The van der Waals surface area contributed by atoms with Crippen LogP contribution in [0.15, 0.2) is 24.3 Å². The predicted octanol–water partition coefficient (Wildman–Crippen LogP) is 1.72. The summed E-state index contributed by atoms with van der Waals surface area (Å²) in [4.78, 5) is 0. The molecular weight excluding hydrogens is 286 g/mol. The van der Waals surface area contributed by atoms with Gasteiger partial charge in [-0.1, -0.05) is 31.0 Å². The van der Waals surface area contributed by atoms with E-state index in [1.165, 1.54) is 0 Å². The lowest BCUT2D eigenvalue weighted by molar-refractivity contribution is 0.421. The van der Waals surface area contributed by atoms with E-state index in [9.17, 15) is 8.42 Å². The Morgan fingerprint density at radius 2 is 1.67 bits per heavy atom. The highest BCUT2D eigenvalue weighted by molar-refractivity contribution is 7.90. The fourth-order valence-electron chi connectivity index (χ4n) is 3.08. The van der Waals surface area contributed by atoms with Gasteiger partial charge in [0.25, 0.3) is 0 Å². The van der Waals surface area contributed by atoms with Crippen molar-refractivity contribution in [2.75, 3.05) is 30.5 Å². The van der Waals surface area contributed by atoms with Gasteiger partial charge < -0.3 is 5.32 Å². The first-order chi connectivity index (χ1) is 10.2. The van der Waals surface area contributed by atoms with E-state index in [2.05, 4.69) is 5.32 Å². The van der Waals surface area contributed by atoms with Gasteiger partial charge in [0.1, 0.15) is 0 Å². The van der Waals surface area contributed by atoms with E-state index in [-0.39, 0.29) is 0 Å². The number of rotatable bonds is 2. The van der Waals surface area contributed by atoms with Crippen LogP contribution in [0.1, 0.15) is 31.2 Å². The molecule has 1 aromatic rings. The van der Waals surface area contributed by atoms with Gasteiger partial charge in [0.2, 0.25) is 0 Å². The highest BCUT2D eigenvalue weighted by Gasteiger charge is 2.32. The number of hydrogen-bond donors (Lipinski definition) is 1. The lowest BCUT2D eigenvalue weighted by atomic mass is 10.2. The van der Waals surface area contributed by atoms with Crippen LogP contribution < -0.4 is 9.62 Å². The van der Waals surface area contributed by atoms with Gasteiger partial charge in [0.05, 0.1) is 5.69 Å². The Morgan fingerprint density at radius 1 is 0.952 bits per heavy atom. The van der Waals surface area contributed by atoms with Crippen molar-refractivity contribution in [3.63, 3.8) is 0 Å². The summed E-state index contributed by atoms with van der Waals surface area (Å²) in [6.07, 6.45) is 4.19. The van der Waals surface area contributed by atoms with Crippen LogP contribution in [-0.4, -0.2) is 38.9 Å². The Labute approximate surface area is 127 Å². The van der Waals surface area contributed by atoms with Gasteiger partial charge >= 0.3 is 10.2 Å². The number of anilines is 1. The maximum atomic E-state index is 13.0. The fourth-order valence-corrected chi connectivity index (χ4v) is 4.83. The molecule has 2 aliphatic heterocycles. The van der Waals surface area contributed by atoms with E-state index in [0.29, 0.717) is 26.2 Å². The monoisotopic (exact) mass is 309 g/mol. The first-order valence-electron chi connectivity index (χ1n) is 7.76. The van der Waals surface area contributed by atoms with Crippen LogP contribution in [0.4, 0.5) is 5.69 Å². The predicted molar refractivity (Wildman–Crippen MR) is 84.5 cm³/mol. The van der Waals surface area contributed by atoms with E-state index in [0.717, 1.165) is 43.5 Å². The normalized spacial score (nSPS) is 21.4. The largest absolute Gasteiger partial charge is 0.311 e. The Morgan fingerprint density at radius 3 is 2.43 bits per heavy atom. The molecule has 0 atom stereocenters. The van der Waals surface area contributed by atoms with Gasteiger partial charge in [-0.05, 0) is 24.5 Å². The summed E-state index contributed by atoms with van der Waals surface area (Å²) in [7, 11) is -3.42. The highest BCUT2D eigenvalue weighted by atomic mass is 32.2. The van der Waals surface area contributed by atoms with Gasteiger partial charge in [-0.2, -0.15) is 12.7 Å².